The molecule has 1 fully saturated rings. The minimum atomic E-state index is -0.238. The zero-order valence-corrected chi connectivity index (χ0v) is 12.6. The van der Waals surface area contributed by atoms with Crippen LogP contribution in [0.25, 0.3) is 11.0 Å². The summed E-state index contributed by atoms with van der Waals surface area (Å²) in [7, 11) is 1.77. The van der Waals surface area contributed by atoms with Gasteiger partial charge in [0.15, 0.2) is 5.52 Å². The molecule has 0 aliphatic carbocycles. The summed E-state index contributed by atoms with van der Waals surface area (Å²) >= 11 is 0. The molecule has 1 unspecified atom stereocenters. The minimum absolute atomic E-state index is 0.0816. The standard InChI is InChI=1S/C14H20N6O2/c1-18-8-11-12(17-18)14(22)20(9-16-11)6-5-19-4-2-3-10(7-19)13(15)21/h8-10H,2-7H2,1H3,(H2,15,21). The molecule has 2 aromatic rings. The van der Waals surface area contributed by atoms with Crippen LogP contribution < -0.4 is 11.3 Å². The van der Waals surface area contributed by atoms with E-state index in [1.807, 2.05) is 0 Å². The summed E-state index contributed by atoms with van der Waals surface area (Å²) in [6.45, 7) is 2.83. The Morgan fingerprint density at radius 3 is 3.05 bits per heavy atom. The number of rotatable bonds is 4. The molecule has 8 nitrogen and oxygen atoms in total. The van der Waals surface area contributed by atoms with Crippen molar-refractivity contribution < 1.29 is 4.79 Å². The van der Waals surface area contributed by atoms with Crippen molar-refractivity contribution in [3.63, 3.8) is 0 Å². The molecule has 0 radical (unpaired) electrons. The first kappa shape index (κ1) is 14.7. The molecule has 8 heteroatoms. The van der Waals surface area contributed by atoms with Gasteiger partial charge in [-0.3, -0.25) is 18.8 Å². The third kappa shape index (κ3) is 2.87. The Kier molecular flexibility index (Phi) is 3.93. The van der Waals surface area contributed by atoms with Gasteiger partial charge in [0.05, 0.1) is 18.4 Å². The van der Waals surface area contributed by atoms with E-state index in [0.717, 1.165) is 19.4 Å². The molecule has 1 amide bonds. The number of aromatic nitrogens is 4. The number of carbonyl (C=O) groups excluding carboxylic acids is 1. The number of likely N-dealkylation sites (tertiary alicyclic amines) is 1. The van der Waals surface area contributed by atoms with E-state index in [0.29, 0.717) is 30.7 Å². The van der Waals surface area contributed by atoms with Crippen molar-refractivity contribution in [3.8, 4) is 0 Å². The maximum atomic E-state index is 12.3. The molecule has 3 heterocycles. The zero-order valence-electron chi connectivity index (χ0n) is 12.6. The molecule has 0 aromatic carbocycles. The van der Waals surface area contributed by atoms with Gasteiger partial charge >= 0.3 is 0 Å². The topological polar surface area (TPSA) is 99.0 Å². The number of nitrogens with two attached hydrogens (primary N) is 1. The highest BCUT2D eigenvalue weighted by atomic mass is 16.1. The number of aryl methyl sites for hydroxylation is 1. The van der Waals surface area contributed by atoms with E-state index in [-0.39, 0.29) is 17.4 Å². The van der Waals surface area contributed by atoms with Crippen LogP contribution >= 0.6 is 0 Å². The molecule has 1 aliphatic rings. The fraction of sp³-hybridized carbons (Fsp3) is 0.571. The van der Waals surface area contributed by atoms with Crippen molar-refractivity contribution in [3.05, 3.63) is 22.9 Å². The number of piperidine rings is 1. The van der Waals surface area contributed by atoms with E-state index >= 15 is 0 Å². The fourth-order valence-corrected chi connectivity index (χ4v) is 2.94. The molecule has 2 aromatic heterocycles. The maximum absolute atomic E-state index is 12.3. The van der Waals surface area contributed by atoms with Gasteiger partial charge < -0.3 is 10.6 Å². The molecule has 118 valence electrons. The lowest BCUT2D eigenvalue weighted by atomic mass is 9.97. The smallest absolute Gasteiger partial charge is 0.281 e. The van der Waals surface area contributed by atoms with E-state index in [9.17, 15) is 9.59 Å². The van der Waals surface area contributed by atoms with Crippen molar-refractivity contribution in [1.82, 2.24) is 24.2 Å². The van der Waals surface area contributed by atoms with Crippen molar-refractivity contribution in [2.75, 3.05) is 19.6 Å². The second-order valence-corrected chi connectivity index (χ2v) is 5.82. The Bertz CT molecular complexity index is 749. The zero-order chi connectivity index (χ0) is 15.7. The predicted molar refractivity (Wildman–Crippen MR) is 81.1 cm³/mol. The van der Waals surface area contributed by atoms with Crippen molar-refractivity contribution in [2.45, 2.75) is 19.4 Å². The Labute approximate surface area is 127 Å². The van der Waals surface area contributed by atoms with Gasteiger partial charge in [0.25, 0.3) is 5.56 Å². The number of hydrogen-bond donors (Lipinski definition) is 1. The fourth-order valence-electron chi connectivity index (χ4n) is 2.94. The Balaban J connectivity index is 1.70. The lowest BCUT2D eigenvalue weighted by Crippen LogP contribution is -2.42. The van der Waals surface area contributed by atoms with Crippen molar-refractivity contribution in [1.29, 1.82) is 0 Å². The van der Waals surface area contributed by atoms with Crippen molar-refractivity contribution >= 4 is 16.9 Å². The summed E-state index contributed by atoms with van der Waals surface area (Å²) < 4.78 is 3.16. The van der Waals surface area contributed by atoms with Crippen LogP contribution in [0.5, 0.6) is 0 Å². The summed E-state index contributed by atoms with van der Waals surface area (Å²) in [6, 6.07) is 0. The highest BCUT2D eigenvalue weighted by Gasteiger charge is 2.23. The summed E-state index contributed by atoms with van der Waals surface area (Å²) in [5, 5.41) is 4.15. The molecule has 3 rings (SSSR count). The first-order chi connectivity index (χ1) is 10.5. The van der Waals surface area contributed by atoms with Gasteiger partial charge in [0.1, 0.15) is 5.52 Å². The van der Waals surface area contributed by atoms with E-state index < -0.39 is 0 Å². The molecule has 1 aliphatic heterocycles. The van der Waals surface area contributed by atoms with Crippen LogP contribution in [-0.4, -0.2) is 49.8 Å². The molecular weight excluding hydrogens is 284 g/mol. The number of fused-ring (bicyclic) bond motifs is 1. The van der Waals surface area contributed by atoms with Crippen LogP contribution in [0.15, 0.2) is 17.3 Å². The Hall–Kier alpha value is -2.22. The molecule has 22 heavy (non-hydrogen) atoms. The average molecular weight is 304 g/mol. The second-order valence-electron chi connectivity index (χ2n) is 5.82. The normalized spacial score (nSPS) is 19.6. The number of amides is 1. The number of hydrogen-bond acceptors (Lipinski definition) is 5. The first-order valence-corrected chi connectivity index (χ1v) is 7.45. The predicted octanol–water partition coefficient (Wildman–Crippen LogP) is -0.673. The second kappa shape index (κ2) is 5.88. The number of primary amides is 1. The Morgan fingerprint density at radius 2 is 2.27 bits per heavy atom. The summed E-state index contributed by atoms with van der Waals surface area (Å²) in [5.74, 6) is -0.319. The van der Waals surface area contributed by atoms with Gasteiger partial charge in [0.2, 0.25) is 5.91 Å². The minimum Gasteiger partial charge on any atom is -0.369 e. The molecule has 0 spiro atoms. The van der Waals surface area contributed by atoms with Crippen molar-refractivity contribution in [2.24, 2.45) is 18.7 Å². The third-order valence-electron chi connectivity index (χ3n) is 4.17. The van der Waals surface area contributed by atoms with Crippen LogP contribution in [0.3, 0.4) is 0 Å². The van der Waals surface area contributed by atoms with Crippen LogP contribution in [0.4, 0.5) is 0 Å². The quantitative estimate of drug-likeness (QED) is 0.807. The van der Waals surface area contributed by atoms with Crippen LogP contribution in [-0.2, 0) is 18.4 Å². The van der Waals surface area contributed by atoms with Gasteiger partial charge in [-0.25, -0.2) is 4.98 Å². The number of nitrogens with zero attached hydrogens (tertiary/aromatic N) is 5. The SMILES string of the molecule is Cn1cc2ncn(CCN3CCCC(C(N)=O)C3)c(=O)c2n1. The van der Waals surface area contributed by atoms with Crippen LogP contribution in [0.2, 0.25) is 0 Å². The van der Waals surface area contributed by atoms with E-state index in [4.69, 9.17) is 5.73 Å². The monoisotopic (exact) mass is 304 g/mol. The van der Waals surface area contributed by atoms with Gasteiger partial charge in [-0.15, -0.1) is 0 Å². The lowest BCUT2D eigenvalue weighted by molar-refractivity contribution is -0.123. The highest BCUT2D eigenvalue weighted by Crippen LogP contribution is 2.15. The van der Waals surface area contributed by atoms with Crippen LogP contribution in [0.1, 0.15) is 12.8 Å². The summed E-state index contributed by atoms with van der Waals surface area (Å²) in [4.78, 5) is 30.1. The molecule has 0 saturated carbocycles. The van der Waals surface area contributed by atoms with Gasteiger partial charge in [-0.05, 0) is 19.4 Å². The van der Waals surface area contributed by atoms with Gasteiger partial charge in [-0.2, -0.15) is 5.10 Å². The maximum Gasteiger partial charge on any atom is 0.281 e. The third-order valence-corrected chi connectivity index (χ3v) is 4.17. The summed E-state index contributed by atoms with van der Waals surface area (Å²) in [6.07, 6.45) is 5.10. The van der Waals surface area contributed by atoms with Crippen LogP contribution in [0, 0.1) is 5.92 Å². The highest BCUT2D eigenvalue weighted by molar-refractivity contribution is 5.77. The average Bonchev–Trinajstić information content (AvgIpc) is 2.88. The van der Waals surface area contributed by atoms with E-state index in [2.05, 4.69) is 15.0 Å². The number of carbonyl (C=O) groups is 1. The molecule has 0 bridgehead atoms. The van der Waals surface area contributed by atoms with Gasteiger partial charge in [-0.1, -0.05) is 0 Å². The molecule has 1 atom stereocenters. The molecule has 1 saturated heterocycles. The van der Waals surface area contributed by atoms with E-state index in [1.165, 1.54) is 0 Å². The lowest BCUT2D eigenvalue weighted by Gasteiger charge is -2.31. The van der Waals surface area contributed by atoms with Gasteiger partial charge in [0, 0.05) is 26.7 Å². The van der Waals surface area contributed by atoms with E-state index in [1.54, 1.807) is 28.8 Å². The summed E-state index contributed by atoms with van der Waals surface area (Å²) in [5.41, 5.74) is 6.25. The Morgan fingerprint density at radius 1 is 1.45 bits per heavy atom. The molecule has 2 N–H and O–H groups in total. The largest absolute Gasteiger partial charge is 0.369 e. The first-order valence-electron chi connectivity index (χ1n) is 7.45. The molecular formula is C14H20N6O2.